The molecule has 4 heteroatoms. The third-order valence-electron chi connectivity index (χ3n) is 2.99. The number of aliphatic hydroxyl groups excluding tert-OH is 1. The molecule has 0 aliphatic heterocycles. The Morgan fingerprint density at radius 2 is 2.20 bits per heavy atom. The highest BCUT2D eigenvalue weighted by molar-refractivity contribution is 9.10. The van der Waals surface area contributed by atoms with Crippen molar-refractivity contribution in [2.24, 2.45) is 11.8 Å². The van der Waals surface area contributed by atoms with Gasteiger partial charge < -0.3 is 10.4 Å². The van der Waals surface area contributed by atoms with Crippen molar-refractivity contribution in [3.05, 3.63) is 0 Å². The van der Waals surface area contributed by atoms with Gasteiger partial charge in [0, 0.05) is 12.5 Å². The van der Waals surface area contributed by atoms with Crippen LogP contribution in [0.2, 0.25) is 0 Å². The average Bonchev–Trinajstić information content (AvgIpc) is 2.59. The molecule has 0 radical (unpaired) electrons. The van der Waals surface area contributed by atoms with Gasteiger partial charge in [0.05, 0.1) is 10.9 Å². The number of halogens is 1. The third kappa shape index (κ3) is 3.76. The quantitative estimate of drug-likeness (QED) is 0.769. The summed E-state index contributed by atoms with van der Waals surface area (Å²) < 4.78 is 0. The second-order valence-electron chi connectivity index (χ2n) is 4.65. The van der Waals surface area contributed by atoms with Crippen LogP contribution in [-0.2, 0) is 4.79 Å². The summed E-state index contributed by atoms with van der Waals surface area (Å²) in [4.78, 5) is 11.5. The number of carbonyl (C=O) groups is 1. The second-order valence-corrected chi connectivity index (χ2v) is 5.64. The van der Waals surface area contributed by atoms with Crippen LogP contribution in [0.25, 0.3) is 0 Å². The topological polar surface area (TPSA) is 49.3 Å². The monoisotopic (exact) mass is 277 g/mol. The van der Waals surface area contributed by atoms with Gasteiger partial charge in [0.15, 0.2) is 0 Å². The standard InChI is InChI=1S/C11H20BrNO2/c1-7(2)10(12)11(15)13-6-8-4-3-5-9(8)14/h7-10,14H,3-6H2,1-2H3,(H,13,15). The number of rotatable bonds is 4. The molecular weight excluding hydrogens is 258 g/mol. The van der Waals surface area contributed by atoms with Gasteiger partial charge in [-0.05, 0) is 18.8 Å². The number of alkyl halides is 1. The molecule has 1 aliphatic rings. The van der Waals surface area contributed by atoms with Crippen LogP contribution in [0.3, 0.4) is 0 Å². The van der Waals surface area contributed by atoms with E-state index in [9.17, 15) is 9.90 Å². The number of aliphatic hydroxyl groups is 1. The molecule has 0 aromatic carbocycles. The first-order valence-electron chi connectivity index (χ1n) is 5.62. The summed E-state index contributed by atoms with van der Waals surface area (Å²) in [7, 11) is 0. The summed E-state index contributed by atoms with van der Waals surface area (Å²) in [5.74, 6) is 0.573. The summed E-state index contributed by atoms with van der Waals surface area (Å²) in [5.41, 5.74) is 0. The van der Waals surface area contributed by atoms with Crippen molar-refractivity contribution in [2.75, 3.05) is 6.54 Å². The van der Waals surface area contributed by atoms with Crippen molar-refractivity contribution in [2.45, 2.75) is 44.0 Å². The molecule has 0 saturated heterocycles. The Kier molecular flexibility index (Phi) is 5.06. The van der Waals surface area contributed by atoms with Gasteiger partial charge in [-0.25, -0.2) is 0 Å². The molecular formula is C11H20BrNO2. The molecule has 0 spiro atoms. The van der Waals surface area contributed by atoms with Crippen molar-refractivity contribution in [1.82, 2.24) is 5.32 Å². The number of hydrogen-bond acceptors (Lipinski definition) is 2. The molecule has 1 aliphatic carbocycles. The second kappa shape index (κ2) is 5.85. The fourth-order valence-electron chi connectivity index (χ4n) is 1.89. The predicted octanol–water partition coefficient (Wildman–Crippen LogP) is 1.68. The molecule has 3 atom stereocenters. The Morgan fingerprint density at radius 3 is 2.67 bits per heavy atom. The maximum Gasteiger partial charge on any atom is 0.234 e. The zero-order valence-corrected chi connectivity index (χ0v) is 11.0. The highest BCUT2D eigenvalue weighted by Crippen LogP contribution is 2.24. The maximum atomic E-state index is 11.6. The first kappa shape index (κ1) is 13.0. The molecule has 2 N–H and O–H groups in total. The lowest BCUT2D eigenvalue weighted by molar-refractivity contribution is -0.121. The minimum Gasteiger partial charge on any atom is -0.393 e. The number of carbonyl (C=O) groups excluding carboxylic acids is 1. The van der Waals surface area contributed by atoms with Crippen molar-refractivity contribution >= 4 is 21.8 Å². The molecule has 88 valence electrons. The van der Waals surface area contributed by atoms with Gasteiger partial charge in [0.1, 0.15) is 0 Å². The first-order valence-corrected chi connectivity index (χ1v) is 6.53. The zero-order chi connectivity index (χ0) is 11.4. The fraction of sp³-hybridized carbons (Fsp3) is 0.909. The Morgan fingerprint density at radius 1 is 1.53 bits per heavy atom. The van der Waals surface area contributed by atoms with E-state index in [1.807, 2.05) is 13.8 Å². The molecule has 0 bridgehead atoms. The number of amides is 1. The molecule has 1 fully saturated rings. The van der Waals surface area contributed by atoms with Gasteiger partial charge in [0.2, 0.25) is 5.91 Å². The molecule has 1 saturated carbocycles. The Bertz CT molecular complexity index is 221. The molecule has 3 unspecified atom stereocenters. The maximum absolute atomic E-state index is 11.6. The largest absolute Gasteiger partial charge is 0.393 e. The van der Waals surface area contributed by atoms with Crippen molar-refractivity contribution in [3.63, 3.8) is 0 Å². The van der Waals surface area contributed by atoms with E-state index in [0.29, 0.717) is 12.5 Å². The average molecular weight is 278 g/mol. The van der Waals surface area contributed by atoms with E-state index in [1.165, 1.54) is 0 Å². The van der Waals surface area contributed by atoms with Crippen LogP contribution in [0.15, 0.2) is 0 Å². The van der Waals surface area contributed by atoms with Crippen LogP contribution in [0.1, 0.15) is 33.1 Å². The van der Waals surface area contributed by atoms with Gasteiger partial charge in [-0.1, -0.05) is 36.2 Å². The molecule has 0 heterocycles. The predicted molar refractivity (Wildman–Crippen MR) is 63.9 cm³/mol. The van der Waals surface area contributed by atoms with E-state index >= 15 is 0 Å². The van der Waals surface area contributed by atoms with Crippen LogP contribution in [0, 0.1) is 11.8 Å². The van der Waals surface area contributed by atoms with E-state index < -0.39 is 0 Å². The summed E-state index contributed by atoms with van der Waals surface area (Å²) in [6.45, 7) is 4.61. The minimum atomic E-state index is -0.224. The van der Waals surface area contributed by atoms with Crippen molar-refractivity contribution in [1.29, 1.82) is 0 Å². The lowest BCUT2D eigenvalue weighted by atomic mass is 10.1. The van der Waals surface area contributed by atoms with Crippen LogP contribution in [-0.4, -0.2) is 28.5 Å². The Labute approximate surface area is 99.8 Å². The van der Waals surface area contributed by atoms with Gasteiger partial charge >= 0.3 is 0 Å². The van der Waals surface area contributed by atoms with Crippen LogP contribution in [0.5, 0.6) is 0 Å². The molecule has 15 heavy (non-hydrogen) atoms. The first-order chi connectivity index (χ1) is 7.02. The third-order valence-corrected chi connectivity index (χ3v) is 4.47. The van der Waals surface area contributed by atoms with E-state index in [1.54, 1.807) is 0 Å². The molecule has 0 aromatic rings. The van der Waals surface area contributed by atoms with Gasteiger partial charge in [-0.2, -0.15) is 0 Å². The lowest BCUT2D eigenvalue weighted by Gasteiger charge is -2.18. The van der Waals surface area contributed by atoms with Crippen LogP contribution in [0.4, 0.5) is 0 Å². The minimum absolute atomic E-state index is 0.0316. The van der Waals surface area contributed by atoms with Gasteiger partial charge in [-0.15, -0.1) is 0 Å². The summed E-state index contributed by atoms with van der Waals surface area (Å²) in [6.07, 6.45) is 2.75. The smallest absolute Gasteiger partial charge is 0.234 e. The highest BCUT2D eigenvalue weighted by Gasteiger charge is 2.26. The number of nitrogens with one attached hydrogen (secondary N) is 1. The van der Waals surface area contributed by atoms with Gasteiger partial charge in [0.25, 0.3) is 0 Å². The van der Waals surface area contributed by atoms with Crippen molar-refractivity contribution in [3.8, 4) is 0 Å². The SMILES string of the molecule is CC(C)C(Br)C(=O)NCC1CCCC1O. The fourth-order valence-corrected chi connectivity index (χ4v) is 2.05. The molecule has 0 aromatic heterocycles. The van der Waals surface area contributed by atoms with E-state index in [-0.39, 0.29) is 22.8 Å². The molecule has 3 nitrogen and oxygen atoms in total. The van der Waals surface area contributed by atoms with Crippen LogP contribution >= 0.6 is 15.9 Å². The molecule has 1 rings (SSSR count). The Hall–Kier alpha value is -0.0900. The number of hydrogen-bond donors (Lipinski definition) is 2. The normalized spacial score (nSPS) is 28.1. The van der Waals surface area contributed by atoms with E-state index in [4.69, 9.17) is 0 Å². The van der Waals surface area contributed by atoms with Crippen molar-refractivity contribution < 1.29 is 9.90 Å². The summed E-state index contributed by atoms with van der Waals surface area (Å²) in [6, 6.07) is 0. The summed E-state index contributed by atoms with van der Waals surface area (Å²) >= 11 is 3.36. The lowest BCUT2D eigenvalue weighted by Crippen LogP contribution is -2.38. The van der Waals surface area contributed by atoms with Crippen LogP contribution < -0.4 is 5.32 Å². The Balaban J connectivity index is 2.27. The van der Waals surface area contributed by atoms with E-state index in [2.05, 4.69) is 21.2 Å². The van der Waals surface area contributed by atoms with Gasteiger partial charge in [-0.3, -0.25) is 4.79 Å². The summed E-state index contributed by atoms with van der Waals surface area (Å²) in [5, 5.41) is 12.5. The van der Waals surface area contributed by atoms with E-state index in [0.717, 1.165) is 19.3 Å². The zero-order valence-electron chi connectivity index (χ0n) is 9.37. The molecule has 1 amide bonds. The highest BCUT2D eigenvalue weighted by atomic mass is 79.9.